The highest BCUT2D eigenvalue weighted by atomic mass is 35.5. The quantitative estimate of drug-likeness (QED) is 0.680. The van der Waals surface area contributed by atoms with Crippen molar-refractivity contribution in [2.45, 2.75) is 12.3 Å². The third-order valence-corrected chi connectivity index (χ3v) is 3.87. The van der Waals surface area contributed by atoms with Crippen LogP contribution >= 0.6 is 11.6 Å². The molecule has 1 aliphatic carbocycles. The van der Waals surface area contributed by atoms with Crippen LogP contribution in [0, 0.1) is 5.92 Å². The Bertz CT molecular complexity index is 652. The number of hydrogen-bond donors (Lipinski definition) is 1. The van der Waals surface area contributed by atoms with Gasteiger partial charge in [-0.1, -0.05) is 54.1 Å². The molecule has 21 heavy (non-hydrogen) atoms. The largest absolute Gasteiger partial charge is 0.273 e. The summed E-state index contributed by atoms with van der Waals surface area (Å²) in [5, 5.41) is 4.67. The molecule has 0 heterocycles. The molecular formula is C17H15ClN2O. The molecule has 0 radical (unpaired) electrons. The van der Waals surface area contributed by atoms with Gasteiger partial charge in [0, 0.05) is 10.9 Å². The van der Waals surface area contributed by atoms with Crippen molar-refractivity contribution in [2.75, 3.05) is 0 Å². The zero-order valence-corrected chi connectivity index (χ0v) is 12.1. The molecule has 1 saturated carbocycles. The third-order valence-electron chi connectivity index (χ3n) is 3.61. The summed E-state index contributed by atoms with van der Waals surface area (Å²) < 4.78 is 0. The van der Waals surface area contributed by atoms with E-state index in [0.29, 0.717) is 10.9 Å². The molecule has 2 atom stereocenters. The Morgan fingerprint density at radius 2 is 1.86 bits per heavy atom. The summed E-state index contributed by atoms with van der Waals surface area (Å²) in [6.45, 7) is 0. The first-order valence-corrected chi connectivity index (χ1v) is 7.25. The van der Waals surface area contributed by atoms with E-state index in [-0.39, 0.29) is 11.8 Å². The monoisotopic (exact) mass is 298 g/mol. The lowest BCUT2D eigenvalue weighted by molar-refractivity contribution is -0.122. The summed E-state index contributed by atoms with van der Waals surface area (Å²) in [5.74, 6) is 0.348. The highest BCUT2D eigenvalue weighted by molar-refractivity contribution is 6.30. The van der Waals surface area contributed by atoms with Gasteiger partial charge >= 0.3 is 0 Å². The van der Waals surface area contributed by atoms with Gasteiger partial charge in [0.2, 0.25) is 5.91 Å². The van der Waals surface area contributed by atoms with Gasteiger partial charge in [-0.25, -0.2) is 5.43 Å². The lowest BCUT2D eigenvalue weighted by Gasteiger charge is -2.00. The predicted molar refractivity (Wildman–Crippen MR) is 84.5 cm³/mol. The minimum atomic E-state index is -0.0194. The van der Waals surface area contributed by atoms with Gasteiger partial charge in [0.05, 0.1) is 6.21 Å². The second-order valence-corrected chi connectivity index (χ2v) is 5.58. The van der Waals surface area contributed by atoms with Crippen LogP contribution in [-0.2, 0) is 4.79 Å². The normalized spacial score (nSPS) is 20.4. The number of nitrogens with zero attached hydrogens (tertiary/aromatic N) is 1. The van der Waals surface area contributed by atoms with Crippen molar-refractivity contribution < 1.29 is 4.79 Å². The number of amides is 1. The Balaban J connectivity index is 1.53. The molecule has 3 rings (SSSR count). The summed E-state index contributed by atoms with van der Waals surface area (Å²) >= 11 is 5.81. The molecule has 0 saturated heterocycles. The van der Waals surface area contributed by atoms with Gasteiger partial charge in [0.15, 0.2) is 0 Å². The van der Waals surface area contributed by atoms with E-state index in [9.17, 15) is 4.79 Å². The van der Waals surface area contributed by atoms with Gasteiger partial charge in [-0.15, -0.1) is 0 Å². The predicted octanol–water partition coefficient (Wildman–Crippen LogP) is 3.59. The maximum absolute atomic E-state index is 12.0. The third kappa shape index (κ3) is 3.50. The fraction of sp³-hybridized carbons (Fsp3) is 0.176. The van der Waals surface area contributed by atoms with E-state index in [4.69, 9.17) is 11.6 Å². The van der Waals surface area contributed by atoms with Crippen molar-refractivity contribution in [3.8, 4) is 0 Å². The summed E-state index contributed by atoms with van der Waals surface area (Å²) in [7, 11) is 0. The Morgan fingerprint density at radius 1 is 1.14 bits per heavy atom. The number of nitrogens with one attached hydrogen (secondary N) is 1. The number of hydrazone groups is 1. The van der Waals surface area contributed by atoms with Gasteiger partial charge in [-0.2, -0.15) is 5.10 Å². The second-order valence-electron chi connectivity index (χ2n) is 5.15. The zero-order valence-electron chi connectivity index (χ0n) is 11.4. The Kier molecular flexibility index (Phi) is 4.02. The number of rotatable bonds is 4. The molecule has 2 aromatic rings. The molecule has 0 spiro atoms. The fourth-order valence-electron chi connectivity index (χ4n) is 2.36. The Hall–Kier alpha value is -2.13. The SMILES string of the molecule is O=C(NN=Cc1ccc(Cl)cc1)C1CC1c1ccccc1. The summed E-state index contributed by atoms with van der Waals surface area (Å²) in [6, 6.07) is 17.4. The summed E-state index contributed by atoms with van der Waals surface area (Å²) in [5.41, 5.74) is 4.72. The molecule has 106 valence electrons. The van der Waals surface area contributed by atoms with Crippen molar-refractivity contribution in [3.63, 3.8) is 0 Å². The molecule has 4 heteroatoms. The lowest BCUT2D eigenvalue weighted by Crippen LogP contribution is -2.20. The average molecular weight is 299 g/mol. The highest BCUT2D eigenvalue weighted by Gasteiger charge is 2.43. The summed E-state index contributed by atoms with van der Waals surface area (Å²) in [4.78, 5) is 12.0. The molecule has 0 aliphatic heterocycles. The minimum absolute atomic E-state index is 0.0194. The Morgan fingerprint density at radius 3 is 2.57 bits per heavy atom. The van der Waals surface area contributed by atoms with Crippen LogP contribution in [-0.4, -0.2) is 12.1 Å². The zero-order chi connectivity index (χ0) is 14.7. The molecule has 2 aromatic carbocycles. The first-order valence-electron chi connectivity index (χ1n) is 6.87. The van der Waals surface area contributed by atoms with Crippen molar-refractivity contribution in [1.29, 1.82) is 0 Å². The highest BCUT2D eigenvalue weighted by Crippen LogP contribution is 2.47. The van der Waals surface area contributed by atoms with Gasteiger partial charge in [-0.05, 0) is 35.6 Å². The van der Waals surface area contributed by atoms with Crippen LogP contribution in [0.4, 0.5) is 0 Å². The Labute approximate surface area is 128 Å². The van der Waals surface area contributed by atoms with Crippen molar-refractivity contribution in [2.24, 2.45) is 11.0 Å². The van der Waals surface area contributed by atoms with Crippen molar-refractivity contribution in [1.82, 2.24) is 5.43 Å². The van der Waals surface area contributed by atoms with Crippen LogP contribution in [0.3, 0.4) is 0 Å². The number of halogens is 1. The van der Waals surface area contributed by atoms with Crippen LogP contribution in [0.1, 0.15) is 23.5 Å². The van der Waals surface area contributed by atoms with E-state index in [1.807, 2.05) is 30.3 Å². The van der Waals surface area contributed by atoms with Crippen LogP contribution in [0.2, 0.25) is 5.02 Å². The molecule has 1 fully saturated rings. The smallest absolute Gasteiger partial charge is 0.243 e. The maximum Gasteiger partial charge on any atom is 0.243 e. The van der Waals surface area contributed by atoms with Crippen LogP contribution < -0.4 is 5.43 Å². The van der Waals surface area contributed by atoms with Gasteiger partial charge < -0.3 is 0 Å². The molecule has 2 unspecified atom stereocenters. The number of carbonyl (C=O) groups is 1. The molecule has 0 bridgehead atoms. The second kappa shape index (κ2) is 6.10. The number of carbonyl (C=O) groups excluding carboxylic acids is 1. The van der Waals surface area contributed by atoms with Crippen LogP contribution in [0.15, 0.2) is 59.7 Å². The van der Waals surface area contributed by atoms with E-state index in [2.05, 4.69) is 22.7 Å². The van der Waals surface area contributed by atoms with E-state index < -0.39 is 0 Å². The van der Waals surface area contributed by atoms with Crippen molar-refractivity contribution >= 4 is 23.7 Å². The molecule has 1 aliphatic rings. The van der Waals surface area contributed by atoms with Crippen LogP contribution in [0.5, 0.6) is 0 Å². The average Bonchev–Trinajstić information content (AvgIpc) is 3.31. The topological polar surface area (TPSA) is 41.5 Å². The van der Waals surface area contributed by atoms with Gasteiger partial charge in [-0.3, -0.25) is 4.79 Å². The standard InChI is InChI=1S/C17H15ClN2O/c18-14-8-6-12(7-9-14)11-19-20-17(21)16-10-15(16)13-4-2-1-3-5-13/h1-9,11,15-16H,10H2,(H,20,21). The fourth-order valence-corrected chi connectivity index (χ4v) is 2.48. The molecule has 1 amide bonds. The maximum atomic E-state index is 12.0. The molecule has 3 nitrogen and oxygen atoms in total. The minimum Gasteiger partial charge on any atom is -0.273 e. The molecular weight excluding hydrogens is 284 g/mol. The number of benzene rings is 2. The van der Waals surface area contributed by atoms with Gasteiger partial charge in [0.1, 0.15) is 0 Å². The van der Waals surface area contributed by atoms with E-state index >= 15 is 0 Å². The van der Waals surface area contributed by atoms with Crippen molar-refractivity contribution in [3.05, 3.63) is 70.7 Å². The molecule has 1 N–H and O–H groups in total. The van der Waals surface area contributed by atoms with E-state index in [1.54, 1.807) is 18.3 Å². The lowest BCUT2D eigenvalue weighted by atomic mass is 10.1. The summed E-state index contributed by atoms with van der Waals surface area (Å²) in [6.07, 6.45) is 2.51. The molecule has 0 aromatic heterocycles. The van der Waals surface area contributed by atoms with E-state index in [1.165, 1.54) is 5.56 Å². The van der Waals surface area contributed by atoms with Gasteiger partial charge in [0.25, 0.3) is 0 Å². The first-order chi connectivity index (χ1) is 10.2. The van der Waals surface area contributed by atoms with E-state index in [0.717, 1.165) is 12.0 Å². The van der Waals surface area contributed by atoms with Crippen LogP contribution in [0.25, 0.3) is 0 Å². The first kappa shape index (κ1) is 13.8. The number of hydrogen-bond acceptors (Lipinski definition) is 2.